The van der Waals surface area contributed by atoms with Gasteiger partial charge < -0.3 is 0 Å². The van der Waals surface area contributed by atoms with Gasteiger partial charge in [-0.2, -0.15) is 0 Å². The average Bonchev–Trinajstić information content (AvgIpc) is 3.08. The number of hydrogen-bond acceptors (Lipinski definition) is 3. The molecule has 0 radical (unpaired) electrons. The minimum Gasteiger partial charge on any atom is -0.275 e. The summed E-state index contributed by atoms with van der Waals surface area (Å²) in [6.07, 6.45) is 5.29. The molecule has 0 N–H and O–H groups in total. The summed E-state index contributed by atoms with van der Waals surface area (Å²) in [6, 6.07) is 4.01. The quantitative estimate of drug-likeness (QED) is 0.724. The Morgan fingerprint density at radius 1 is 1.69 bits per heavy atom. The van der Waals surface area contributed by atoms with Gasteiger partial charge in [-0.25, -0.2) is 5.06 Å². The fourth-order valence-electron chi connectivity index (χ4n) is 1.93. The number of amides is 1. The summed E-state index contributed by atoms with van der Waals surface area (Å²) >= 11 is 0. The highest BCUT2D eigenvalue weighted by molar-refractivity contribution is 5.75. The van der Waals surface area contributed by atoms with E-state index in [1.165, 1.54) is 17.7 Å². The molecule has 0 aliphatic heterocycles. The molecule has 2 rings (SSSR count). The third-order valence-corrected chi connectivity index (χ3v) is 3.10. The maximum absolute atomic E-state index is 11.6. The summed E-state index contributed by atoms with van der Waals surface area (Å²) in [5.74, 6) is 0.996. The Morgan fingerprint density at radius 3 is 3.12 bits per heavy atom. The Morgan fingerprint density at radius 2 is 2.50 bits per heavy atom. The highest BCUT2D eigenvalue weighted by Gasteiger charge is 2.40. The lowest BCUT2D eigenvalue weighted by atomic mass is 10.1. The van der Waals surface area contributed by atoms with E-state index in [2.05, 4.69) is 11.1 Å². The van der Waals surface area contributed by atoms with Crippen LogP contribution in [0.4, 0.5) is 0 Å². The number of carbonyl (C=O) groups is 1. The number of hydroxylamine groups is 2. The monoisotopic (exact) mass is 220 g/mol. The van der Waals surface area contributed by atoms with E-state index in [9.17, 15) is 4.79 Å². The van der Waals surface area contributed by atoms with Gasteiger partial charge in [-0.15, -0.1) is 0 Å². The van der Waals surface area contributed by atoms with Gasteiger partial charge in [-0.05, 0) is 29.9 Å². The molecule has 2 unspecified atom stereocenters. The number of carbonyl (C=O) groups excluding carboxylic acids is 1. The third kappa shape index (κ3) is 2.39. The van der Waals surface area contributed by atoms with Crippen LogP contribution in [0.2, 0.25) is 0 Å². The second-order valence-electron chi connectivity index (χ2n) is 4.17. The van der Waals surface area contributed by atoms with Crippen molar-refractivity contribution >= 4 is 5.91 Å². The number of nitrogens with zero attached hydrogens (tertiary/aromatic N) is 2. The zero-order valence-corrected chi connectivity index (χ0v) is 9.59. The summed E-state index contributed by atoms with van der Waals surface area (Å²) in [5.41, 5.74) is 1.24. The molecule has 1 aromatic heterocycles. The summed E-state index contributed by atoms with van der Waals surface area (Å²) in [4.78, 5) is 20.5. The highest BCUT2D eigenvalue weighted by Crippen LogP contribution is 2.49. The molecule has 1 amide bonds. The first kappa shape index (κ1) is 11.1. The first-order valence-electron chi connectivity index (χ1n) is 5.43. The Labute approximate surface area is 95.2 Å². The Balaban J connectivity index is 1.86. The van der Waals surface area contributed by atoms with Crippen LogP contribution >= 0.6 is 0 Å². The molecule has 86 valence electrons. The molecular weight excluding hydrogens is 204 g/mol. The van der Waals surface area contributed by atoms with Gasteiger partial charge in [0, 0.05) is 25.9 Å². The highest BCUT2D eigenvalue weighted by atomic mass is 16.7. The van der Waals surface area contributed by atoms with Crippen LogP contribution in [0.15, 0.2) is 24.5 Å². The maximum atomic E-state index is 11.6. The number of aromatic nitrogens is 1. The molecule has 4 heteroatoms. The molecule has 0 aromatic carbocycles. The van der Waals surface area contributed by atoms with Gasteiger partial charge in [0.15, 0.2) is 0 Å². The van der Waals surface area contributed by atoms with Crippen molar-refractivity contribution in [3.05, 3.63) is 30.1 Å². The Hall–Kier alpha value is -1.42. The zero-order valence-electron chi connectivity index (χ0n) is 9.59. The minimum absolute atomic E-state index is 0.0406. The van der Waals surface area contributed by atoms with Gasteiger partial charge in [0.25, 0.3) is 0 Å². The standard InChI is InChI=1S/C12H16N2O2/c1-14(16-2)12(15)7-10-6-11(10)9-4-3-5-13-8-9/h3-5,8,10-11H,6-7H2,1-2H3. The van der Waals surface area contributed by atoms with Crippen molar-refractivity contribution in [1.82, 2.24) is 10.0 Å². The number of rotatable bonds is 4. The average molecular weight is 220 g/mol. The second-order valence-corrected chi connectivity index (χ2v) is 4.17. The molecule has 16 heavy (non-hydrogen) atoms. The molecule has 0 bridgehead atoms. The smallest absolute Gasteiger partial charge is 0.246 e. The lowest BCUT2D eigenvalue weighted by molar-refractivity contribution is -0.169. The summed E-state index contributed by atoms with van der Waals surface area (Å²) in [5, 5.41) is 1.29. The van der Waals surface area contributed by atoms with Gasteiger partial charge >= 0.3 is 0 Å². The SMILES string of the molecule is CON(C)C(=O)CC1CC1c1cccnc1. The van der Waals surface area contributed by atoms with E-state index >= 15 is 0 Å². The van der Waals surface area contributed by atoms with Crippen LogP contribution in [0, 0.1) is 5.92 Å². The fourth-order valence-corrected chi connectivity index (χ4v) is 1.93. The molecule has 1 saturated carbocycles. The predicted molar refractivity (Wildman–Crippen MR) is 59.5 cm³/mol. The zero-order chi connectivity index (χ0) is 11.5. The molecule has 0 saturated heterocycles. The number of pyridine rings is 1. The van der Waals surface area contributed by atoms with Gasteiger partial charge in [-0.1, -0.05) is 6.07 Å². The largest absolute Gasteiger partial charge is 0.275 e. The number of hydrogen-bond donors (Lipinski definition) is 0. The van der Waals surface area contributed by atoms with Crippen molar-refractivity contribution in [2.75, 3.05) is 14.2 Å². The van der Waals surface area contributed by atoms with Crippen molar-refractivity contribution < 1.29 is 9.63 Å². The van der Waals surface area contributed by atoms with Crippen molar-refractivity contribution in [2.45, 2.75) is 18.8 Å². The lowest BCUT2D eigenvalue weighted by Crippen LogP contribution is -2.25. The van der Waals surface area contributed by atoms with Gasteiger partial charge in [0.1, 0.15) is 0 Å². The Bertz CT molecular complexity index is 367. The summed E-state index contributed by atoms with van der Waals surface area (Å²) in [6.45, 7) is 0. The molecule has 0 spiro atoms. The molecule has 1 aliphatic rings. The van der Waals surface area contributed by atoms with E-state index in [-0.39, 0.29) is 5.91 Å². The van der Waals surface area contributed by atoms with E-state index in [4.69, 9.17) is 4.84 Å². The van der Waals surface area contributed by atoms with E-state index < -0.39 is 0 Å². The van der Waals surface area contributed by atoms with Crippen LogP contribution in [-0.2, 0) is 9.63 Å². The van der Waals surface area contributed by atoms with Crippen molar-refractivity contribution in [3.63, 3.8) is 0 Å². The third-order valence-electron chi connectivity index (χ3n) is 3.10. The molecule has 4 nitrogen and oxygen atoms in total. The van der Waals surface area contributed by atoms with Crippen LogP contribution in [-0.4, -0.2) is 30.1 Å². The summed E-state index contributed by atoms with van der Waals surface area (Å²) < 4.78 is 0. The molecule has 2 atom stereocenters. The fraction of sp³-hybridized carbons (Fsp3) is 0.500. The van der Waals surface area contributed by atoms with Crippen LogP contribution in [0.3, 0.4) is 0 Å². The van der Waals surface area contributed by atoms with Crippen molar-refractivity contribution in [3.8, 4) is 0 Å². The molecule has 1 aliphatic carbocycles. The molecule has 1 fully saturated rings. The van der Waals surface area contributed by atoms with E-state index in [1.54, 1.807) is 13.2 Å². The molecule has 1 heterocycles. The Kier molecular flexibility index (Phi) is 3.19. The lowest BCUT2D eigenvalue weighted by Gasteiger charge is -2.13. The first-order chi connectivity index (χ1) is 7.72. The van der Waals surface area contributed by atoms with Crippen LogP contribution < -0.4 is 0 Å². The van der Waals surface area contributed by atoms with Crippen LogP contribution in [0.25, 0.3) is 0 Å². The molecular formula is C12H16N2O2. The van der Waals surface area contributed by atoms with Gasteiger partial charge in [0.05, 0.1) is 7.11 Å². The van der Waals surface area contributed by atoms with Crippen molar-refractivity contribution in [1.29, 1.82) is 0 Å². The topological polar surface area (TPSA) is 42.4 Å². The van der Waals surface area contributed by atoms with Crippen LogP contribution in [0.5, 0.6) is 0 Å². The second kappa shape index (κ2) is 4.61. The van der Waals surface area contributed by atoms with Gasteiger partial charge in [0.2, 0.25) is 5.91 Å². The minimum atomic E-state index is 0.0406. The maximum Gasteiger partial charge on any atom is 0.246 e. The van der Waals surface area contributed by atoms with E-state index in [0.29, 0.717) is 18.3 Å². The van der Waals surface area contributed by atoms with Crippen LogP contribution in [0.1, 0.15) is 24.3 Å². The normalized spacial score (nSPS) is 22.9. The van der Waals surface area contributed by atoms with E-state index in [0.717, 1.165) is 6.42 Å². The van der Waals surface area contributed by atoms with E-state index in [1.807, 2.05) is 12.3 Å². The van der Waals surface area contributed by atoms with Gasteiger partial charge in [-0.3, -0.25) is 14.6 Å². The summed E-state index contributed by atoms with van der Waals surface area (Å²) in [7, 11) is 3.15. The first-order valence-corrected chi connectivity index (χ1v) is 5.43. The molecule has 1 aromatic rings. The van der Waals surface area contributed by atoms with Crippen molar-refractivity contribution in [2.24, 2.45) is 5.92 Å². The predicted octanol–water partition coefficient (Wildman–Crippen LogP) is 1.59.